The Kier molecular flexibility index (Phi) is 6.65. The first-order valence-electron chi connectivity index (χ1n) is 8.49. The maximum atomic E-state index is 12.4. The average molecular weight is 354 g/mol. The summed E-state index contributed by atoms with van der Waals surface area (Å²) in [5, 5.41) is 11.6. The molecule has 8 heteroatoms. The number of aromatic nitrogens is 3. The van der Waals surface area contributed by atoms with Crippen molar-refractivity contribution in [1.82, 2.24) is 20.1 Å². The Hall–Kier alpha value is -1.57. The Morgan fingerprint density at radius 3 is 2.71 bits per heavy atom. The molecule has 0 unspecified atom stereocenters. The second-order valence-electron chi connectivity index (χ2n) is 6.31. The van der Waals surface area contributed by atoms with E-state index >= 15 is 0 Å². The van der Waals surface area contributed by atoms with Crippen LogP contribution in [-0.2, 0) is 14.3 Å². The topological polar surface area (TPSA) is 86.1 Å². The molecule has 0 bridgehead atoms. The highest BCUT2D eigenvalue weighted by atomic mass is 32.2. The maximum absolute atomic E-state index is 12.4. The maximum Gasteiger partial charge on any atom is 0.331 e. The van der Waals surface area contributed by atoms with Crippen molar-refractivity contribution in [3.05, 3.63) is 6.33 Å². The van der Waals surface area contributed by atoms with Crippen LogP contribution in [0.4, 0.5) is 0 Å². The van der Waals surface area contributed by atoms with Gasteiger partial charge in [0.1, 0.15) is 11.9 Å². The second-order valence-corrected chi connectivity index (χ2v) is 7.26. The van der Waals surface area contributed by atoms with Gasteiger partial charge in [0, 0.05) is 6.04 Å². The van der Waals surface area contributed by atoms with Gasteiger partial charge in [0.25, 0.3) is 0 Å². The highest BCUT2D eigenvalue weighted by Gasteiger charge is 2.42. The molecule has 1 heterocycles. The summed E-state index contributed by atoms with van der Waals surface area (Å²) in [6.07, 6.45) is 5.88. The predicted molar refractivity (Wildman–Crippen MR) is 91.7 cm³/mol. The molecule has 2 rings (SSSR count). The van der Waals surface area contributed by atoms with Gasteiger partial charge in [0.2, 0.25) is 5.91 Å². The van der Waals surface area contributed by atoms with Gasteiger partial charge in [0.05, 0.1) is 12.4 Å². The van der Waals surface area contributed by atoms with Crippen LogP contribution in [0.5, 0.6) is 0 Å². The molecule has 1 aliphatic rings. The number of carbonyl (C=O) groups excluding carboxylic acids is 2. The number of hydrogen-bond acceptors (Lipinski definition) is 6. The summed E-state index contributed by atoms with van der Waals surface area (Å²) in [5.41, 5.74) is -0.863. The molecule has 0 atom stereocenters. The lowest BCUT2D eigenvalue weighted by molar-refractivity contribution is -0.154. The van der Waals surface area contributed by atoms with Crippen LogP contribution in [0.3, 0.4) is 0 Å². The molecule has 7 nitrogen and oxygen atoms in total. The van der Waals surface area contributed by atoms with E-state index in [0.29, 0.717) is 24.6 Å². The lowest BCUT2D eigenvalue weighted by atomic mass is 9.81. The lowest BCUT2D eigenvalue weighted by Crippen LogP contribution is -2.56. The van der Waals surface area contributed by atoms with Crippen molar-refractivity contribution in [3.8, 4) is 0 Å². The Bertz CT molecular complexity index is 567. The summed E-state index contributed by atoms with van der Waals surface area (Å²) in [5.74, 6) is -0.284. The molecule has 24 heavy (non-hydrogen) atoms. The molecule has 134 valence electrons. The van der Waals surface area contributed by atoms with E-state index in [-0.39, 0.29) is 23.7 Å². The highest BCUT2D eigenvalue weighted by molar-refractivity contribution is 7.99. The second kappa shape index (κ2) is 8.50. The van der Waals surface area contributed by atoms with E-state index in [9.17, 15) is 9.59 Å². The van der Waals surface area contributed by atoms with Crippen LogP contribution in [0.2, 0.25) is 0 Å². The first kappa shape index (κ1) is 18.8. The molecule has 1 fully saturated rings. The Morgan fingerprint density at radius 2 is 2.08 bits per heavy atom. The zero-order valence-electron chi connectivity index (χ0n) is 14.6. The normalized spacial score (nSPS) is 16.8. The Balaban J connectivity index is 1.97. The SMILES string of the molecule is CCOC(=O)C1(NC(=O)CSc2nncn2C(C)C)CCCCC1. The average Bonchev–Trinajstić information content (AvgIpc) is 3.03. The molecule has 0 aliphatic heterocycles. The van der Waals surface area contributed by atoms with Gasteiger partial charge in [-0.2, -0.15) is 0 Å². The summed E-state index contributed by atoms with van der Waals surface area (Å²) in [6.45, 7) is 6.17. The van der Waals surface area contributed by atoms with E-state index < -0.39 is 5.54 Å². The Labute approximate surface area is 146 Å². The largest absolute Gasteiger partial charge is 0.464 e. The third kappa shape index (κ3) is 4.49. The summed E-state index contributed by atoms with van der Waals surface area (Å²) in [4.78, 5) is 24.8. The van der Waals surface area contributed by atoms with Crippen LogP contribution in [0, 0.1) is 0 Å². The third-order valence-electron chi connectivity index (χ3n) is 4.18. The minimum atomic E-state index is -0.863. The summed E-state index contributed by atoms with van der Waals surface area (Å²) in [7, 11) is 0. The van der Waals surface area contributed by atoms with Gasteiger partial charge >= 0.3 is 5.97 Å². The predicted octanol–water partition coefficient (Wildman–Crippen LogP) is 2.33. The number of hydrogen-bond donors (Lipinski definition) is 1. The summed E-state index contributed by atoms with van der Waals surface area (Å²) in [6, 6.07) is 0.231. The molecular formula is C16H26N4O3S. The molecule has 1 amide bonds. The number of ether oxygens (including phenoxy) is 1. The van der Waals surface area contributed by atoms with Crippen molar-refractivity contribution in [2.24, 2.45) is 0 Å². The number of esters is 1. The van der Waals surface area contributed by atoms with Gasteiger partial charge in [-0.3, -0.25) is 4.79 Å². The first-order valence-corrected chi connectivity index (χ1v) is 9.47. The van der Waals surface area contributed by atoms with Crippen LogP contribution < -0.4 is 5.32 Å². The van der Waals surface area contributed by atoms with E-state index in [0.717, 1.165) is 19.3 Å². The van der Waals surface area contributed by atoms with Crippen LogP contribution in [0.1, 0.15) is 58.9 Å². The molecule has 1 aromatic heterocycles. The molecule has 0 saturated heterocycles. The van der Waals surface area contributed by atoms with E-state index in [1.54, 1.807) is 13.3 Å². The van der Waals surface area contributed by atoms with Crippen molar-refractivity contribution in [1.29, 1.82) is 0 Å². The van der Waals surface area contributed by atoms with E-state index in [1.807, 2.05) is 18.4 Å². The number of amides is 1. The smallest absolute Gasteiger partial charge is 0.331 e. The van der Waals surface area contributed by atoms with Crippen molar-refractivity contribution >= 4 is 23.6 Å². The van der Waals surface area contributed by atoms with Crippen LogP contribution >= 0.6 is 11.8 Å². The fourth-order valence-electron chi connectivity index (χ4n) is 2.93. The summed E-state index contributed by atoms with van der Waals surface area (Å²) < 4.78 is 7.12. The zero-order chi connectivity index (χ0) is 17.6. The lowest BCUT2D eigenvalue weighted by Gasteiger charge is -2.35. The zero-order valence-corrected chi connectivity index (χ0v) is 15.4. The first-order chi connectivity index (χ1) is 11.5. The van der Waals surface area contributed by atoms with E-state index in [2.05, 4.69) is 15.5 Å². The minimum Gasteiger partial charge on any atom is -0.464 e. The van der Waals surface area contributed by atoms with Gasteiger partial charge < -0.3 is 14.6 Å². The third-order valence-corrected chi connectivity index (χ3v) is 5.14. The van der Waals surface area contributed by atoms with E-state index in [1.165, 1.54) is 11.8 Å². The monoisotopic (exact) mass is 354 g/mol. The van der Waals surface area contributed by atoms with Gasteiger partial charge in [-0.25, -0.2) is 4.79 Å². The quantitative estimate of drug-likeness (QED) is 0.597. The number of rotatable bonds is 7. The standard InChI is InChI=1S/C16H26N4O3S/c1-4-23-14(22)16(8-6-5-7-9-16)18-13(21)10-24-15-19-17-11-20(15)12(2)3/h11-12H,4-10H2,1-3H3,(H,18,21). The van der Waals surface area contributed by atoms with Crippen molar-refractivity contribution in [3.63, 3.8) is 0 Å². The van der Waals surface area contributed by atoms with E-state index in [4.69, 9.17) is 4.74 Å². The number of carbonyl (C=O) groups is 2. The van der Waals surface area contributed by atoms with Crippen molar-refractivity contribution < 1.29 is 14.3 Å². The molecule has 1 saturated carbocycles. The molecule has 1 N–H and O–H groups in total. The van der Waals surface area contributed by atoms with Crippen molar-refractivity contribution in [2.75, 3.05) is 12.4 Å². The molecule has 0 radical (unpaired) electrons. The highest BCUT2D eigenvalue weighted by Crippen LogP contribution is 2.30. The summed E-state index contributed by atoms with van der Waals surface area (Å²) >= 11 is 1.33. The molecular weight excluding hydrogens is 328 g/mol. The van der Waals surface area contributed by atoms with Gasteiger partial charge in [-0.1, -0.05) is 31.0 Å². The van der Waals surface area contributed by atoms with Gasteiger partial charge in [0.15, 0.2) is 5.16 Å². The number of nitrogens with one attached hydrogen (secondary N) is 1. The van der Waals surface area contributed by atoms with Crippen molar-refractivity contribution in [2.45, 2.75) is 69.6 Å². The number of thioether (sulfide) groups is 1. The Morgan fingerprint density at radius 1 is 1.38 bits per heavy atom. The molecule has 1 aliphatic carbocycles. The van der Waals surface area contributed by atoms with Gasteiger partial charge in [-0.15, -0.1) is 10.2 Å². The fraction of sp³-hybridized carbons (Fsp3) is 0.750. The van der Waals surface area contributed by atoms with Crippen LogP contribution in [-0.4, -0.2) is 44.5 Å². The fourth-order valence-corrected chi connectivity index (χ4v) is 3.77. The molecule has 1 aromatic rings. The van der Waals surface area contributed by atoms with Crippen LogP contribution in [0.15, 0.2) is 11.5 Å². The molecule has 0 aromatic carbocycles. The minimum absolute atomic E-state index is 0.173. The number of nitrogens with zero attached hydrogens (tertiary/aromatic N) is 3. The van der Waals surface area contributed by atoms with Crippen LogP contribution in [0.25, 0.3) is 0 Å². The van der Waals surface area contributed by atoms with Gasteiger partial charge in [-0.05, 0) is 33.6 Å². The molecule has 0 spiro atoms.